The predicted octanol–water partition coefficient (Wildman–Crippen LogP) is 1.65. The fourth-order valence-corrected chi connectivity index (χ4v) is 3.88. The molecule has 0 aromatic heterocycles. The summed E-state index contributed by atoms with van der Waals surface area (Å²) in [5.74, 6) is 0.555. The lowest BCUT2D eigenvalue weighted by Crippen LogP contribution is -2.32. The third-order valence-corrected chi connectivity index (χ3v) is 5.02. The molecule has 1 saturated carbocycles. The van der Waals surface area contributed by atoms with Crippen molar-refractivity contribution in [1.29, 1.82) is 0 Å². The van der Waals surface area contributed by atoms with Crippen LogP contribution in [0.3, 0.4) is 0 Å². The van der Waals surface area contributed by atoms with E-state index in [1.54, 1.807) is 0 Å². The first-order valence-corrected chi connectivity index (χ1v) is 7.72. The first kappa shape index (κ1) is 14.5. The molecule has 2 fully saturated rings. The number of benzene rings is 1. The Labute approximate surface area is 125 Å². The monoisotopic (exact) mass is 289 g/mol. The first-order chi connectivity index (χ1) is 10.2. The molecule has 2 aliphatic rings. The van der Waals surface area contributed by atoms with Gasteiger partial charge in [-0.05, 0) is 24.3 Å². The van der Waals surface area contributed by atoms with E-state index in [4.69, 9.17) is 4.74 Å². The number of aliphatic hydroxyl groups is 1. The molecule has 1 aromatic rings. The number of esters is 1. The van der Waals surface area contributed by atoms with E-state index in [2.05, 4.69) is 4.90 Å². The molecule has 4 atom stereocenters. The second kappa shape index (κ2) is 6.16. The summed E-state index contributed by atoms with van der Waals surface area (Å²) in [5.41, 5.74) is 1.00. The normalized spacial score (nSPS) is 30.1. The number of carbonyl (C=O) groups is 1. The average molecular weight is 289 g/mol. The van der Waals surface area contributed by atoms with Gasteiger partial charge in [0.25, 0.3) is 0 Å². The Morgan fingerprint density at radius 1 is 1.33 bits per heavy atom. The van der Waals surface area contributed by atoms with Crippen LogP contribution in [0.2, 0.25) is 0 Å². The predicted molar refractivity (Wildman–Crippen MR) is 79.9 cm³/mol. The van der Waals surface area contributed by atoms with Gasteiger partial charge in [0.2, 0.25) is 0 Å². The van der Waals surface area contributed by atoms with Gasteiger partial charge in [-0.15, -0.1) is 0 Å². The summed E-state index contributed by atoms with van der Waals surface area (Å²) in [6.07, 6.45) is 1.88. The van der Waals surface area contributed by atoms with E-state index in [1.165, 1.54) is 7.11 Å². The van der Waals surface area contributed by atoms with Crippen molar-refractivity contribution in [3.05, 3.63) is 35.9 Å². The lowest BCUT2D eigenvalue weighted by atomic mass is 9.98. The van der Waals surface area contributed by atoms with Crippen molar-refractivity contribution in [3.8, 4) is 0 Å². The minimum absolute atomic E-state index is 0.159. The minimum atomic E-state index is -0.243. The number of fused-ring (bicyclic) bond motifs is 1. The van der Waals surface area contributed by atoms with Crippen LogP contribution in [0.15, 0.2) is 30.3 Å². The second-order valence-electron chi connectivity index (χ2n) is 6.27. The number of rotatable bonds is 4. The maximum Gasteiger partial charge on any atom is 0.314 e. The Morgan fingerprint density at radius 2 is 2.10 bits per heavy atom. The van der Waals surface area contributed by atoms with Crippen molar-refractivity contribution < 1.29 is 14.6 Å². The fourth-order valence-electron chi connectivity index (χ4n) is 3.88. The van der Waals surface area contributed by atoms with E-state index in [9.17, 15) is 9.90 Å². The Balaban J connectivity index is 1.70. The van der Waals surface area contributed by atoms with Crippen molar-refractivity contribution in [3.63, 3.8) is 0 Å². The van der Waals surface area contributed by atoms with Gasteiger partial charge < -0.3 is 14.7 Å². The van der Waals surface area contributed by atoms with Gasteiger partial charge in [0.05, 0.1) is 19.1 Å². The topological polar surface area (TPSA) is 49.8 Å². The van der Waals surface area contributed by atoms with Crippen molar-refractivity contribution >= 4 is 5.97 Å². The summed E-state index contributed by atoms with van der Waals surface area (Å²) in [6, 6.07) is 9.82. The molecule has 1 heterocycles. The molecule has 3 rings (SSSR count). The number of nitrogens with zero attached hydrogens (tertiary/aromatic N) is 1. The summed E-state index contributed by atoms with van der Waals surface area (Å²) >= 11 is 0. The van der Waals surface area contributed by atoms with Crippen molar-refractivity contribution in [2.75, 3.05) is 26.7 Å². The molecule has 0 radical (unpaired) electrons. The molecule has 1 aromatic carbocycles. The van der Waals surface area contributed by atoms with E-state index >= 15 is 0 Å². The average Bonchev–Trinajstić information content (AvgIpc) is 3.07. The highest BCUT2D eigenvalue weighted by molar-refractivity contribution is 5.78. The molecule has 114 valence electrons. The van der Waals surface area contributed by atoms with Crippen LogP contribution < -0.4 is 0 Å². The SMILES string of the molecule is COC(=O)C(CN1CC2CCC(O)C2C1)c1ccccc1. The zero-order valence-electron chi connectivity index (χ0n) is 12.4. The molecule has 1 aliphatic heterocycles. The van der Waals surface area contributed by atoms with Crippen LogP contribution >= 0.6 is 0 Å². The van der Waals surface area contributed by atoms with E-state index in [0.29, 0.717) is 18.4 Å². The standard InChI is InChI=1S/C17H23NO3/c1-21-17(20)15(12-5-3-2-4-6-12)11-18-9-13-7-8-16(19)14(13)10-18/h2-6,13-16,19H,7-11H2,1H3. The van der Waals surface area contributed by atoms with Gasteiger partial charge in [-0.3, -0.25) is 4.79 Å². The molecule has 4 heteroatoms. The van der Waals surface area contributed by atoms with E-state index < -0.39 is 0 Å². The maximum absolute atomic E-state index is 12.1. The van der Waals surface area contributed by atoms with E-state index in [0.717, 1.165) is 31.5 Å². The summed E-state index contributed by atoms with van der Waals surface area (Å²) in [6.45, 7) is 2.56. The summed E-state index contributed by atoms with van der Waals surface area (Å²) in [4.78, 5) is 14.4. The molecule has 4 unspecified atom stereocenters. The van der Waals surface area contributed by atoms with Crippen LogP contribution in [0.5, 0.6) is 0 Å². The Bertz CT molecular complexity index is 490. The molecular weight excluding hydrogens is 266 g/mol. The Kier molecular flexibility index (Phi) is 4.27. The molecule has 1 saturated heterocycles. The zero-order valence-corrected chi connectivity index (χ0v) is 12.4. The molecular formula is C17H23NO3. The smallest absolute Gasteiger partial charge is 0.314 e. The van der Waals surface area contributed by atoms with Crippen molar-refractivity contribution in [2.45, 2.75) is 24.9 Å². The molecule has 1 N–H and O–H groups in total. The van der Waals surface area contributed by atoms with Crippen LogP contribution in [-0.2, 0) is 9.53 Å². The number of carbonyl (C=O) groups excluding carboxylic acids is 1. The third-order valence-electron chi connectivity index (χ3n) is 5.02. The fraction of sp³-hybridized carbons (Fsp3) is 0.588. The van der Waals surface area contributed by atoms with Gasteiger partial charge in [-0.2, -0.15) is 0 Å². The van der Waals surface area contributed by atoms with Crippen LogP contribution in [0.25, 0.3) is 0 Å². The molecule has 0 amide bonds. The number of ether oxygens (including phenoxy) is 1. The second-order valence-corrected chi connectivity index (χ2v) is 6.27. The van der Waals surface area contributed by atoms with Gasteiger partial charge in [0.1, 0.15) is 0 Å². The quantitative estimate of drug-likeness (QED) is 0.856. The number of methoxy groups -OCH3 is 1. The summed E-state index contributed by atoms with van der Waals surface area (Å²) in [5, 5.41) is 10.0. The largest absolute Gasteiger partial charge is 0.469 e. The van der Waals surface area contributed by atoms with Crippen molar-refractivity contribution in [1.82, 2.24) is 4.90 Å². The number of likely N-dealkylation sites (tertiary alicyclic amines) is 1. The van der Waals surface area contributed by atoms with Crippen LogP contribution in [0.1, 0.15) is 24.3 Å². The van der Waals surface area contributed by atoms with Crippen molar-refractivity contribution in [2.24, 2.45) is 11.8 Å². The maximum atomic E-state index is 12.1. The Morgan fingerprint density at radius 3 is 2.76 bits per heavy atom. The molecule has 1 aliphatic carbocycles. The molecule has 0 bridgehead atoms. The van der Waals surface area contributed by atoms with E-state index in [1.807, 2.05) is 30.3 Å². The molecule has 21 heavy (non-hydrogen) atoms. The third kappa shape index (κ3) is 2.97. The van der Waals surface area contributed by atoms with Crippen LogP contribution in [-0.4, -0.2) is 48.8 Å². The van der Waals surface area contributed by atoms with Gasteiger partial charge in [-0.25, -0.2) is 0 Å². The van der Waals surface area contributed by atoms with Gasteiger partial charge >= 0.3 is 5.97 Å². The lowest BCUT2D eigenvalue weighted by Gasteiger charge is -2.23. The summed E-state index contributed by atoms with van der Waals surface area (Å²) in [7, 11) is 1.45. The highest BCUT2D eigenvalue weighted by Crippen LogP contribution is 2.38. The number of aliphatic hydroxyl groups excluding tert-OH is 1. The number of hydrogen-bond donors (Lipinski definition) is 1. The van der Waals surface area contributed by atoms with Gasteiger partial charge in [-0.1, -0.05) is 30.3 Å². The van der Waals surface area contributed by atoms with Crippen LogP contribution in [0, 0.1) is 11.8 Å². The van der Waals surface area contributed by atoms with Crippen LogP contribution in [0.4, 0.5) is 0 Å². The summed E-state index contributed by atoms with van der Waals surface area (Å²) < 4.78 is 4.98. The molecule has 0 spiro atoms. The highest BCUT2D eigenvalue weighted by Gasteiger charge is 2.42. The zero-order chi connectivity index (χ0) is 14.8. The molecule has 4 nitrogen and oxygen atoms in total. The van der Waals surface area contributed by atoms with Gasteiger partial charge in [0, 0.05) is 25.6 Å². The van der Waals surface area contributed by atoms with Gasteiger partial charge in [0.15, 0.2) is 0 Å². The number of hydrogen-bond acceptors (Lipinski definition) is 4. The highest BCUT2D eigenvalue weighted by atomic mass is 16.5. The van der Waals surface area contributed by atoms with E-state index in [-0.39, 0.29) is 18.0 Å². The first-order valence-electron chi connectivity index (χ1n) is 7.72. The lowest BCUT2D eigenvalue weighted by molar-refractivity contribution is -0.142. The Hall–Kier alpha value is -1.39. The minimum Gasteiger partial charge on any atom is -0.469 e.